The van der Waals surface area contributed by atoms with Crippen LogP contribution in [0.3, 0.4) is 0 Å². The molecule has 0 aromatic heterocycles. The predicted molar refractivity (Wildman–Crippen MR) is 84.0 cm³/mol. The van der Waals surface area contributed by atoms with Gasteiger partial charge >= 0.3 is 0 Å². The van der Waals surface area contributed by atoms with E-state index in [1.807, 2.05) is 0 Å². The van der Waals surface area contributed by atoms with Crippen molar-refractivity contribution in [3.63, 3.8) is 0 Å². The van der Waals surface area contributed by atoms with Crippen LogP contribution in [0.15, 0.2) is 42.5 Å². The smallest absolute Gasteiger partial charge is 0.224 e. The second-order valence-corrected chi connectivity index (χ2v) is 5.15. The van der Waals surface area contributed by atoms with Gasteiger partial charge in [-0.25, -0.2) is 4.39 Å². The molecule has 0 saturated carbocycles. The van der Waals surface area contributed by atoms with Crippen LogP contribution in [0.25, 0.3) is 0 Å². The lowest BCUT2D eigenvalue weighted by Crippen LogP contribution is -2.26. The van der Waals surface area contributed by atoms with Crippen LogP contribution in [0.4, 0.5) is 10.1 Å². The maximum atomic E-state index is 12.8. The average molecular weight is 302 g/mol. The first-order valence-electron chi connectivity index (χ1n) is 7.13. The minimum Gasteiger partial charge on any atom is -0.506 e. The monoisotopic (exact) mass is 302 g/mol. The van der Waals surface area contributed by atoms with Gasteiger partial charge in [-0.1, -0.05) is 18.2 Å². The Morgan fingerprint density at radius 3 is 2.50 bits per heavy atom. The summed E-state index contributed by atoms with van der Waals surface area (Å²) in [6.07, 6.45) is 1.79. The summed E-state index contributed by atoms with van der Waals surface area (Å²) in [6, 6.07) is 11.1. The van der Waals surface area contributed by atoms with Gasteiger partial charge in [0.15, 0.2) is 0 Å². The fraction of sp³-hybridized carbons (Fsp3) is 0.235. The minimum absolute atomic E-state index is 0.0171. The van der Waals surface area contributed by atoms with E-state index >= 15 is 0 Å². The number of aryl methyl sites for hydroxylation is 1. The topological polar surface area (TPSA) is 75.4 Å². The molecule has 2 aromatic rings. The van der Waals surface area contributed by atoms with Gasteiger partial charge in [-0.05, 0) is 48.2 Å². The zero-order valence-corrected chi connectivity index (χ0v) is 12.2. The second kappa shape index (κ2) is 7.45. The Hall–Kier alpha value is -2.56. The third-order valence-corrected chi connectivity index (χ3v) is 3.33. The minimum atomic E-state index is -0.245. The number of carbonyl (C=O) groups is 1. The van der Waals surface area contributed by atoms with E-state index in [0.29, 0.717) is 6.54 Å². The molecule has 0 radical (unpaired) electrons. The Morgan fingerprint density at radius 1 is 1.14 bits per heavy atom. The molecule has 5 heteroatoms. The van der Waals surface area contributed by atoms with Crippen LogP contribution >= 0.6 is 0 Å². The lowest BCUT2D eigenvalue weighted by Gasteiger charge is -2.07. The molecule has 0 heterocycles. The zero-order chi connectivity index (χ0) is 15.9. The van der Waals surface area contributed by atoms with E-state index in [9.17, 15) is 14.3 Å². The molecular formula is C17H19FN2O2. The van der Waals surface area contributed by atoms with Gasteiger partial charge in [0.25, 0.3) is 0 Å². The number of phenolic OH excluding ortho intramolecular Hbond substituents is 1. The number of rotatable bonds is 6. The highest BCUT2D eigenvalue weighted by Gasteiger charge is 2.05. The van der Waals surface area contributed by atoms with E-state index in [1.165, 1.54) is 18.2 Å². The summed E-state index contributed by atoms with van der Waals surface area (Å²) in [7, 11) is 0. The summed E-state index contributed by atoms with van der Waals surface area (Å²) in [4.78, 5) is 11.8. The Morgan fingerprint density at radius 2 is 1.82 bits per heavy atom. The number of aromatic hydroxyl groups is 1. The Labute approximate surface area is 128 Å². The van der Waals surface area contributed by atoms with Gasteiger partial charge < -0.3 is 16.2 Å². The first kappa shape index (κ1) is 15.8. The van der Waals surface area contributed by atoms with Crippen molar-refractivity contribution < 1.29 is 14.3 Å². The van der Waals surface area contributed by atoms with Crippen LogP contribution in [0, 0.1) is 5.82 Å². The number of hydrogen-bond donors (Lipinski definition) is 3. The number of halogens is 1. The number of nitrogens with two attached hydrogens (primary N) is 1. The number of carbonyl (C=O) groups excluding carboxylic acids is 1. The van der Waals surface area contributed by atoms with Crippen LogP contribution < -0.4 is 11.1 Å². The zero-order valence-electron chi connectivity index (χ0n) is 12.2. The Balaban J connectivity index is 1.71. The van der Waals surface area contributed by atoms with Crippen molar-refractivity contribution in [2.24, 2.45) is 0 Å². The molecule has 0 bridgehead atoms. The summed E-state index contributed by atoms with van der Waals surface area (Å²) in [5.41, 5.74) is 7.65. The van der Waals surface area contributed by atoms with Gasteiger partial charge in [0, 0.05) is 6.54 Å². The number of anilines is 1. The van der Waals surface area contributed by atoms with Gasteiger partial charge in [-0.15, -0.1) is 0 Å². The standard InChI is InChI=1S/C17H19FN2O2/c18-14-6-3-12(4-7-14)2-1-9-20-17(22)11-13-5-8-16(21)15(19)10-13/h3-8,10,21H,1-2,9,11,19H2,(H,20,22). The molecule has 0 spiro atoms. The maximum Gasteiger partial charge on any atom is 0.224 e. The number of hydrogen-bond acceptors (Lipinski definition) is 3. The first-order valence-corrected chi connectivity index (χ1v) is 7.13. The molecule has 116 valence electrons. The van der Waals surface area contributed by atoms with E-state index in [4.69, 9.17) is 5.73 Å². The van der Waals surface area contributed by atoms with Crippen molar-refractivity contribution in [2.75, 3.05) is 12.3 Å². The molecule has 22 heavy (non-hydrogen) atoms. The van der Waals surface area contributed by atoms with E-state index in [2.05, 4.69) is 5.32 Å². The van der Waals surface area contributed by atoms with E-state index in [-0.39, 0.29) is 29.6 Å². The van der Waals surface area contributed by atoms with E-state index in [0.717, 1.165) is 24.0 Å². The van der Waals surface area contributed by atoms with Crippen molar-refractivity contribution in [1.82, 2.24) is 5.32 Å². The highest BCUT2D eigenvalue weighted by molar-refractivity contribution is 5.79. The summed E-state index contributed by atoms with van der Waals surface area (Å²) >= 11 is 0. The van der Waals surface area contributed by atoms with Crippen molar-refractivity contribution in [3.8, 4) is 5.75 Å². The molecule has 0 aliphatic rings. The Bertz CT molecular complexity index is 642. The molecule has 0 fully saturated rings. The van der Waals surface area contributed by atoms with Crippen LogP contribution in [0.5, 0.6) is 5.75 Å². The summed E-state index contributed by atoms with van der Waals surface area (Å²) < 4.78 is 12.8. The molecule has 0 unspecified atom stereocenters. The maximum absolute atomic E-state index is 12.8. The summed E-state index contributed by atoms with van der Waals surface area (Å²) in [5, 5.41) is 12.2. The lowest BCUT2D eigenvalue weighted by molar-refractivity contribution is -0.120. The summed E-state index contributed by atoms with van der Waals surface area (Å²) in [6.45, 7) is 0.559. The van der Waals surface area contributed by atoms with Crippen LogP contribution in [-0.4, -0.2) is 17.6 Å². The van der Waals surface area contributed by atoms with Gasteiger partial charge in [-0.3, -0.25) is 4.79 Å². The van der Waals surface area contributed by atoms with Crippen LogP contribution in [0.2, 0.25) is 0 Å². The van der Waals surface area contributed by atoms with Crippen LogP contribution in [-0.2, 0) is 17.6 Å². The van der Waals surface area contributed by atoms with Gasteiger partial charge in [0.05, 0.1) is 12.1 Å². The number of amides is 1. The number of nitrogen functional groups attached to an aromatic ring is 1. The molecule has 0 atom stereocenters. The number of nitrogens with one attached hydrogen (secondary N) is 1. The van der Waals surface area contributed by atoms with E-state index in [1.54, 1.807) is 24.3 Å². The van der Waals surface area contributed by atoms with Gasteiger partial charge in [0.1, 0.15) is 11.6 Å². The largest absolute Gasteiger partial charge is 0.506 e. The number of phenols is 1. The van der Waals surface area contributed by atoms with Crippen molar-refractivity contribution >= 4 is 11.6 Å². The first-order chi connectivity index (χ1) is 10.5. The molecule has 4 nitrogen and oxygen atoms in total. The molecule has 0 aliphatic heterocycles. The SMILES string of the molecule is Nc1cc(CC(=O)NCCCc2ccc(F)cc2)ccc1O. The quantitative estimate of drug-likeness (QED) is 0.436. The fourth-order valence-electron chi connectivity index (χ4n) is 2.13. The second-order valence-electron chi connectivity index (χ2n) is 5.15. The highest BCUT2D eigenvalue weighted by atomic mass is 19.1. The number of benzene rings is 2. The summed E-state index contributed by atoms with van der Waals surface area (Å²) in [5.74, 6) is -0.321. The third kappa shape index (κ3) is 4.77. The molecule has 0 saturated heterocycles. The predicted octanol–water partition coefficient (Wildman–Crippen LogP) is 2.41. The molecule has 4 N–H and O–H groups in total. The molecular weight excluding hydrogens is 283 g/mol. The Kier molecular flexibility index (Phi) is 5.36. The van der Waals surface area contributed by atoms with Gasteiger partial charge in [0.2, 0.25) is 5.91 Å². The molecule has 2 rings (SSSR count). The normalized spacial score (nSPS) is 10.4. The fourth-order valence-corrected chi connectivity index (χ4v) is 2.13. The average Bonchev–Trinajstić information content (AvgIpc) is 2.49. The van der Waals surface area contributed by atoms with Crippen LogP contribution in [0.1, 0.15) is 17.5 Å². The van der Waals surface area contributed by atoms with Crippen molar-refractivity contribution in [2.45, 2.75) is 19.3 Å². The van der Waals surface area contributed by atoms with Crippen molar-refractivity contribution in [3.05, 3.63) is 59.4 Å². The third-order valence-electron chi connectivity index (χ3n) is 3.33. The highest BCUT2D eigenvalue weighted by Crippen LogP contribution is 2.20. The lowest BCUT2D eigenvalue weighted by atomic mass is 10.1. The molecule has 0 aliphatic carbocycles. The van der Waals surface area contributed by atoms with E-state index < -0.39 is 0 Å². The molecule has 1 amide bonds. The van der Waals surface area contributed by atoms with Gasteiger partial charge in [-0.2, -0.15) is 0 Å². The van der Waals surface area contributed by atoms with Crippen molar-refractivity contribution in [1.29, 1.82) is 0 Å². The molecule has 2 aromatic carbocycles.